The monoisotopic (exact) mass is 276 g/mol. The molecule has 0 aliphatic heterocycles. The van der Waals surface area contributed by atoms with Gasteiger partial charge in [0.25, 0.3) is 0 Å². The van der Waals surface area contributed by atoms with E-state index in [2.05, 4.69) is 0 Å². The highest BCUT2D eigenvalue weighted by Crippen LogP contribution is 2.43. The number of carbonyl (C=O) groups is 1. The van der Waals surface area contributed by atoms with Crippen LogP contribution in [0.5, 0.6) is 0 Å². The first-order valence-corrected chi connectivity index (χ1v) is 7.10. The number of carbonyl (C=O) groups excluding carboxylic acids is 1. The Morgan fingerprint density at radius 3 is 2.32 bits per heavy atom. The lowest BCUT2D eigenvalue weighted by molar-refractivity contribution is -0.128. The van der Waals surface area contributed by atoms with Crippen molar-refractivity contribution >= 4 is 28.8 Å². The second kappa shape index (κ2) is 5.29. The molecule has 0 atom stereocenters. The Balaban J connectivity index is 2.29. The summed E-state index contributed by atoms with van der Waals surface area (Å²) in [6.45, 7) is 4.64. The fourth-order valence-electron chi connectivity index (χ4n) is 2.52. The van der Waals surface area contributed by atoms with Gasteiger partial charge in [-0.05, 0) is 38.8 Å². The fraction of sp³-hybridized carbons (Fsp3) is 0.467. The highest BCUT2D eigenvalue weighted by molar-refractivity contribution is 7.80. The molecule has 2 rings (SSSR count). The lowest BCUT2D eigenvalue weighted by Crippen LogP contribution is -2.54. The lowest BCUT2D eigenvalue weighted by Gasteiger charge is -2.42. The van der Waals surface area contributed by atoms with Crippen molar-refractivity contribution < 1.29 is 4.79 Å². The average Bonchev–Trinajstić information content (AvgIpc) is 2.30. The van der Waals surface area contributed by atoms with Gasteiger partial charge in [-0.2, -0.15) is 0 Å². The molecule has 19 heavy (non-hydrogen) atoms. The quantitative estimate of drug-likeness (QED) is 0.860. The molecule has 1 aliphatic rings. The zero-order valence-corrected chi connectivity index (χ0v) is 12.3. The number of amides is 1. The second-order valence-electron chi connectivity index (χ2n) is 5.18. The minimum atomic E-state index is -0.601. The Bertz CT molecular complexity index is 491. The zero-order chi connectivity index (χ0) is 14.0. The van der Waals surface area contributed by atoms with Crippen LogP contribution in [0.25, 0.3) is 0 Å². The minimum Gasteiger partial charge on any atom is -0.392 e. The third-order valence-corrected chi connectivity index (χ3v) is 4.39. The van der Waals surface area contributed by atoms with E-state index in [-0.39, 0.29) is 5.91 Å². The predicted octanol–water partition coefficient (Wildman–Crippen LogP) is 2.80. The van der Waals surface area contributed by atoms with E-state index in [4.69, 9.17) is 18.0 Å². The number of nitrogens with zero attached hydrogens (tertiary/aromatic N) is 1. The van der Waals surface area contributed by atoms with E-state index in [1.165, 1.54) is 5.56 Å². The van der Waals surface area contributed by atoms with Crippen LogP contribution in [0.3, 0.4) is 0 Å². The first-order chi connectivity index (χ1) is 9.01. The maximum atomic E-state index is 12.8. The highest BCUT2D eigenvalue weighted by Gasteiger charge is 2.48. The van der Waals surface area contributed by atoms with Crippen molar-refractivity contribution in [3.05, 3.63) is 29.8 Å². The van der Waals surface area contributed by atoms with Crippen molar-refractivity contribution in [3.8, 4) is 0 Å². The van der Waals surface area contributed by atoms with Crippen LogP contribution in [0.1, 0.15) is 31.7 Å². The number of hydrogen-bond acceptors (Lipinski definition) is 2. The molecular formula is C15H20N2OS. The van der Waals surface area contributed by atoms with Crippen LogP contribution in [-0.4, -0.2) is 17.4 Å². The molecule has 0 radical (unpaired) electrons. The molecule has 1 amide bonds. The Labute approximate surface area is 119 Å². The summed E-state index contributed by atoms with van der Waals surface area (Å²) >= 11 is 5.13. The summed E-state index contributed by atoms with van der Waals surface area (Å²) in [7, 11) is 0. The zero-order valence-electron chi connectivity index (χ0n) is 11.5. The van der Waals surface area contributed by atoms with Gasteiger partial charge in [-0.15, -0.1) is 0 Å². The fourth-order valence-corrected chi connectivity index (χ4v) is 2.81. The predicted molar refractivity (Wildman–Crippen MR) is 82.3 cm³/mol. The van der Waals surface area contributed by atoms with Crippen molar-refractivity contribution in [2.45, 2.75) is 33.1 Å². The largest absolute Gasteiger partial charge is 0.392 e. The molecule has 4 heteroatoms. The Kier molecular flexibility index (Phi) is 3.90. The van der Waals surface area contributed by atoms with Crippen LogP contribution in [0.15, 0.2) is 24.3 Å². The van der Waals surface area contributed by atoms with E-state index in [0.717, 1.165) is 24.9 Å². The molecule has 0 heterocycles. The van der Waals surface area contributed by atoms with Gasteiger partial charge in [0.2, 0.25) is 5.91 Å². The molecule has 1 fully saturated rings. The maximum Gasteiger partial charge on any atom is 0.240 e. The average molecular weight is 276 g/mol. The molecule has 0 aromatic heterocycles. The van der Waals surface area contributed by atoms with Gasteiger partial charge < -0.3 is 10.6 Å². The van der Waals surface area contributed by atoms with Crippen LogP contribution >= 0.6 is 12.2 Å². The summed E-state index contributed by atoms with van der Waals surface area (Å²) in [5.74, 6) is 0.0533. The maximum absolute atomic E-state index is 12.8. The van der Waals surface area contributed by atoms with Crippen molar-refractivity contribution in [2.75, 3.05) is 11.4 Å². The van der Waals surface area contributed by atoms with Crippen LogP contribution in [0.2, 0.25) is 0 Å². The van der Waals surface area contributed by atoms with Gasteiger partial charge in [0, 0.05) is 12.2 Å². The highest BCUT2D eigenvalue weighted by atomic mass is 32.1. The van der Waals surface area contributed by atoms with E-state index in [1.807, 2.05) is 38.1 Å². The molecule has 2 N–H and O–H groups in total. The number of benzene rings is 1. The molecule has 102 valence electrons. The Morgan fingerprint density at radius 2 is 1.95 bits per heavy atom. The van der Waals surface area contributed by atoms with Crippen LogP contribution in [0.4, 0.5) is 5.69 Å². The summed E-state index contributed by atoms with van der Waals surface area (Å²) in [5.41, 5.74) is 7.31. The molecule has 0 spiro atoms. The van der Waals surface area contributed by atoms with Crippen molar-refractivity contribution in [1.29, 1.82) is 0 Å². The number of anilines is 1. The molecule has 0 bridgehead atoms. The lowest BCUT2D eigenvalue weighted by atomic mass is 9.67. The van der Waals surface area contributed by atoms with Crippen LogP contribution in [0, 0.1) is 12.3 Å². The van der Waals surface area contributed by atoms with Crippen molar-refractivity contribution in [3.63, 3.8) is 0 Å². The standard InChI is InChI=1S/C15H20N2OS/c1-3-17(12-7-5-11(2)6-8-12)14(18)15(13(16)19)9-4-10-15/h5-8H,3-4,9-10H2,1-2H3,(H2,16,19). The Morgan fingerprint density at radius 1 is 1.37 bits per heavy atom. The molecule has 1 aromatic carbocycles. The second-order valence-corrected chi connectivity index (χ2v) is 5.62. The summed E-state index contributed by atoms with van der Waals surface area (Å²) in [6, 6.07) is 7.98. The van der Waals surface area contributed by atoms with E-state index >= 15 is 0 Å². The van der Waals surface area contributed by atoms with Crippen LogP contribution < -0.4 is 10.6 Å². The SMILES string of the molecule is CCN(C(=O)C1(C(N)=S)CCC1)c1ccc(C)cc1. The topological polar surface area (TPSA) is 46.3 Å². The number of rotatable bonds is 4. The number of aryl methyl sites for hydroxylation is 1. The van der Waals surface area contributed by atoms with Crippen LogP contribution in [-0.2, 0) is 4.79 Å². The molecular weight excluding hydrogens is 256 g/mol. The molecule has 1 saturated carbocycles. The van der Waals surface area contributed by atoms with Gasteiger partial charge in [0.15, 0.2) is 0 Å². The number of nitrogens with two attached hydrogens (primary N) is 1. The normalized spacial score (nSPS) is 16.5. The van der Waals surface area contributed by atoms with Gasteiger partial charge >= 0.3 is 0 Å². The van der Waals surface area contributed by atoms with Gasteiger partial charge in [0.1, 0.15) is 0 Å². The summed E-state index contributed by atoms with van der Waals surface area (Å²) < 4.78 is 0. The number of hydrogen-bond donors (Lipinski definition) is 1. The molecule has 1 aliphatic carbocycles. The van der Waals surface area contributed by atoms with E-state index in [1.54, 1.807) is 4.90 Å². The Hall–Kier alpha value is -1.42. The first kappa shape index (κ1) is 14.0. The van der Waals surface area contributed by atoms with Crippen molar-refractivity contribution in [1.82, 2.24) is 0 Å². The first-order valence-electron chi connectivity index (χ1n) is 6.70. The van der Waals surface area contributed by atoms with Gasteiger partial charge in [0.05, 0.1) is 10.4 Å². The van der Waals surface area contributed by atoms with Gasteiger partial charge in [-0.3, -0.25) is 4.79 Å². The van der Waals surface area contributed by atoms with E-state index < -0.39 is 5.41 Å². The molecule has 0 unspecified atom stereocenters. The summed E-state index contributed by atoms with van der Waals surface area (Å²) in [4.78, 5) is 14.9. The summed E-state index contributed by atoms with van der Waals surface area (Å²) in [6.07, 6.45) is 2.58. The molecule has 3 nitrogen and oxygen atoms in total. The summed E-state index contributed by atoms with van der Waals surface area (Å²) in [5, 5.41) is 0. The minimum absolute atomic E-state index is 0.0533. The van der Waals surface area contributed by atoms with E-state index in [0.29, 0.717) is 11.5 Å². The third kappa shape index (κ3) is 2.37. The van der Waals surface area contributed by atoms with Gasteiger partial charge in [-0.25, -0.2) is 0 Å². The molecule has 0 saturated heterocycles. The van der Waals surface area contributed by atoms with Gasteiger partial charge in [-0.1, -0.05) is 36.3 Å². The smallest absolute Gasteiger partial charge is 0.240 e. The van der Waals surface area contributed by atoms with E-state index in [9.17, 15) is 4.79 Å². The molecule has 1 aromatic rings. The third-order valence-electron chi connectivity index (χ3n) is 4.00. The van der Waals surface area contributed by atoms with Crippen molar-refractivity contribution in [2.24, 2.45) is 11.1 Å². The number of thiocarbonyl (C=S) groups is 1.